The topological polar surface area (TPSA) is 55.6 Å². The molecule has 1 aliphatic heterocycles. The van der Waals surface area contributed by atoms with E-state index in [1.54, 1.807) is 13.3 Å². The number of carbonyl (C=O) groups excluding carboxylic acids is 1. The van der Waals surface area contributed by atoms with Crippen LogP contribution in [0.5, 0.6) is 0 Å². The van der Waals surface area contributed by atoms with Crippen LogP contribution >= 0.6 is 0 Å². The molecule has 4 nitrogen and oxygen atoms in total. The summed E-state index contributed by atoms with van der Waals surface area (Å²) in [7, 11) is 1.55. The number of piperidine rings is 1. The van der Waals surface area contributed by atoms with Gasteiger partial charge >= 0.3 is 5.97 Å². The number of nitrogens with two attached hydrogens (primary N) is 1. The summed E-state index contributed by atoms with van der Waals surface area (Å²) in [5.74, 6) is 2.43. The predicted octanol–water partition coefficient (Wildman–Crippen LogP) is 3.91. The number of fused-ring (bicyclic) bond motifs is 5. The second-order valence-corrected chi connectivity index (χ2v) is 9.86. The lowest BCUT2D eigenvalue weighted by Gasteiger charge is -2.62. The first-order chi connectivity index (χ1) is 12.5. The highest BCUT2D eigenvalue weighted by Gasteiger charge is 2.61. The average molecular weight is 361 g/mol. The molecule has 4 aliphatic rings. The van der Waals surface area contributed by atoms with Gasteiger partial charge in [0.15, 0.2) is 0 Å². The maximum Gasteiger partial charge on any atom is 0.309 e. The Hall–Kier alpha value is -1.19. The summed E-state index contributed by atoms with van der Waals surface area (Å²) in [4.78, 5) is 14.9. The Bertz CT molecular complexity index is 591. The van der Waals surface area contributed by atoms with E-state index in [1.807, 2.05) is 0 Å². The molecule has 0 aromatic carbocycles. The molecule has 0 radical (unpaired) electrons. The van der Waals surface area contributed by atoms with E-state index in [2.05, 4.69) is 24.9 Å². The normalized spacial score (nSPS) is 48.0. The minimum Gasteiger partial charge on any atom is -0.469 e. The van der Waals surface area contributed by atoms with Crippen molar-refractivity contribution in [3.63, 3.8) is 0 Å². The van der Waals surface area contributed by atoms with Crippen LogP contribution in [0, 0.1) is 34.5 Å². The van der Waals surface area contributed by atoms with Crippen molar-refractivity contribution < 1.29 is 9.53 Å². The van der Waals surface area contributed by atoms with E-state index in [9.17, 15) is 4.79 Å². The SMILES string of the molecule is COC(=O)[C@H]1CCC2C3CCC4N(/C=C\N)CCC[C@]4(C)C3CC[C@@]21C. The van der Waals surface area contributed by atoms with Crippen molar-refractivity contribution >= 4 is 5.97 Å². The minimum atomic E-state index is 0.0327. The van der Waals surface area contributed by atoms with Crippen molar-refractivity contribution in [1.29, 1.82) is 0 Å². The van der Waals surface area contributed by atoms with Crippen LogP contribution in [0.15, 0.2) is 12.4 Å². The molecule has 26 heavy (non-hydrogen) atoms. The van der Waals surface area contributed by atoms with E-state index < -0.39 is 0 Å². The Morgan fingerprint density at radius 2 is 1.85 bits per heavy atom. The van der Waals surface area contributed by atoms with Gasteiger partial charge in [0.05, 0.1) is 13.0 Å². The van der Waals surface area contributed by atoms with Gasteiger partial charge in [0.1, 0.15) is 0 Å². The quantitative estimate of drug-likeness (QED) is 0.759. The second kappa shape index (κ2) is 6.45. The molecule has 1 heterocycles. The first-order valence-corrected chi connectivity index (χ1v) is 10.7. The Kier molecular flexibility index (Phi) is 4.51. The highest BCUT2D eigenvalue weighted by atomic mass is 16.5. The minimum absolute atomic E-state index is 0.0327. The number of rotatable bonds is 2. The fraction of sp³-hybridized carbons (Fsp3) is 0.864. The lowest BCUT2D eigenvalue weighted by Crippen LogP contribution is -2.60. The standard InChI is InChI=1S/C22H36N2O2/c1-21-11-9-17-15(16(21)6-7-18(21)20(25)26-3)5-8-19-22(17,2)10-4-13-24(19)14-12-23/h12,14-19H,4-11,13,23H2,1-3H3/b14-12-/t15?,16?,17?,18-,19?,21+,22-/m1/s1. The van der Waals surface area contributed by atoms with E-state index in [4.69, 9.17) is 10.5 Å². The van der Waals surface area contributed by atoms with Gasteiger partial charge < -0.3 is 15.4 Å². The molecule has 0 aromatic heterocycles. The maximum atomic E-state index is 12.4. The number of hydrogen-bond donors (Lipinski definition) is 1. The fourth-order valence-electron chi connectivity index (χ4n) is 7.95. The zero-order valence-electron chi connectivity index (χ0n) is 16.7. The monoisotopic (exact) mass is 360 g/mol. The third kappa shape index (κ3) is 2.43. The van der Waals surface area contributed by atoms with E-state index in [0.29, 0.717) is 17.4 Å². The highest BCUT2D eigenvalue weighted by Crippen LogP contribution is 2.66. The van der Waals surface area contributed by atoms with Crippen molar-refractivity contribution in [2.75, 3.05) is 13.7 Å². The number of nitrogens with zero attached hydrogens (tertiary/aromatic N) is 1. The molecule has 7 atom stereocenters. The molecule has 0 spiro atoms. The molecule has 4 heteroatoms. The number of esters is 1. The van der Waals surface area contributed by atoms with Gasteiger partial charge in [-0.25, -0.2) is 0 Å². The van der Waals surface area contributed by atoms with Gasteiger partial charge in [-0.05, 0) is 80.0 Å². The van der Waals surface area contributed by atoms with Crippen molar-refractivity contribution in [2.45, 2.75) is 71.3 Å². The molecular weight excluding hydrogens is 324 g/mol. The maximum absolute atomic E-state index is 12.4. The van der Waals surface area contributed by atoms with Gasteiger partial charge in [-0.2, -0.15) is 0 Å². The van der Waals surface area contributed by atoms with Crippen molar-refractivity contribution in [1.82, 2.24) is 4.90 Å². The summed E-state index contributed by atoms with van der Waals surface area (Å²) in [5, 5.41) is 0. The van der Waals surface area contributed by atoms with Crippen molar-refractivity contribution in [3.05, 3.63) is 12.4 Å². The second-order valence-electron chi connectivity index (χ2n) is 9.86. The number of likely N-dealkylation sites (tertiary alicyclic amines) is 1. The van der Waals surface area contributed by atoms with Crippen LogP contribution in [-0.4, -0.2) is 30.6 Å². The molecule has 3 saturated carbocycles. The van der Waals surface area contributed by atoms with Crippen molar-refractivity contribution in [3.8, 4) is 0 Å². The zero-order chi connectivity index (χ0) is 18.5. The first kappa shape index (κ1) is 18.2. The Balaban J connectivity index is 1.61. The first-order valence-electron chi connectivity index (χ1n) is 10.7. The fourth-order valence-corrected chi connectivity index (χ4v) is 7.95. The summed E-state index contributed by atoms with van der Waals surface area (Å²) < 4.78 is 5.17. The molecule has 4 unspecified atom stereocenters. The lowest BCUT2D eigenvalue weighted by molar-refractivity contribution is -0.156. The third-order valence-corrected chi connectivity index (χ3v) is 9.11. The average Bonchev–Trinajstić information content (AvgIpc) is 2.98. The van der Waals surface area contributed by atoms with Crippen LogP contribution in [-0.2, 0) is 9.53 Å². The summed E-state index contributed by atoms with van der Waals surface area (Å²) in [5.41, 5.74) is 6.28. The molecule has 4 rings (SSSR count). The molecule has 1 saturated heterocycles. The van der Waals surface area contributed by atoms with Crippen LogP contribution < -0.4 is 5.73 Å². The predicted molar refractivity (Wildman–Crippen MR) is 103 cm³/mol. The molecule has 4 fully saturated rings. The van der Waals surface area contributed by atoms with Gasteiger partial charge in [-0.1, -0.05) is 13.8 Å². The van der Waals surface area contributed by atoms with Crippen LogP contribution in [0.4, 0.5) is 0 Å². The number of methoxy groups -OCH3 is 1. The Morgan fingerprint density at radius 3 is 2.58 bits per heavy atom. The molecule has 0 amide bonds. The Morgan fingerprint density at radius 1 is 1.08 bits per heavy atom. The zero-order valence-corrected chi connectivity index (χ0v) is 16.7. The van der Waals surface area contributed by atoms with Crippen LogP contribution in [0.1, 0.15) is 65.2 Å². The van der Waals surface area contributed by atoms with Gasteiger partial charge in [-0.3, -0.25) is 4.79 Å². The highest BCUT2D eigenvalue weighted by molar-refractivity contribution is 5.73. The molecular formula is C22H36N2O2. The van der Waals surface area contributed by atoms with E-state index in [0.717, 1.165) is 24.8 Å². The van der Waals surface area contributed by atoms with Crippen LogP contribution in [0.2, 0.25) is 0 Å². The molecule has 2 N–H and O–H groups in total. The lowest BCUT2D eigenvalue weighted by atomic mass is 9.47. The summed E-state index contributed by atoms with van der Waals surface area (Å²) in [6.45, 7) is 6.10. The number of ether oxygens (including phenoxy) is 1. The molecule has 3 aliphatic carbocycles. The van der Waals surface area contributed by atoms with Gasteiger partial charge in [0.25, 0.3) is 0 Å². The summed E-state index contributed by atoms with van der Waals surface area (Å²) in [6, 6.07) is 0.638. The van der Waals surface area contributed by atoms with Crippen molar-refractivity contribution in [2.24, 2.45) is 40.2 Å². The molecule has 0 bridgehead atoms. The molecule has 0 aromatic rings. The Labute approximate surface area is 158 Å². The van der Waals surface area contributed by atoms with Gasteiger partial charge in [-0.15, -0.1) is 0 Å². The van der Waals surface area contributed by atoms with E-state index in [1.165, 1.54) is 44.9 Å². The van der Waals surface area contributed by atoms with E-state index in [-0.39, 0.29) is 17.3 Å². The summed E-state index contributed by atoms with van der Waals surface area (Å²) in [6.07, 6.45) is 13.7. The number of carbonyl (C=O) groups is 1. The third-order valence-electron chi connectivity index (χ3n) is 9.11. The largest absolute Gasteiger partial charge is 0.469 e. The smallest absolute Gasteiger partial charge is 0.309 e. The van der Waals surface area contributed by atoms with Gasteiger partial charge in [0, 0.05) is 25.0 Å². The van der Waals surface area contributed by atoms with Crippen LogP contribution in [0.3, 0.4) is 0 Å². The number of hydrogen-bond acceptors (Lipinski definition) is 4. The van der Waals surface area contributed by atoms with E-state index >= 15 is 0 Å². The van der Waals surface area contributed by atoms with Crippen LogP contribution in [0.25, 0.3) is 0 Å². The molecule has 146 valence electrons. The van der Waals surface area contributed by atoms with Gasteiger partial charge in [0.2, 0.25) is 0 Å². The summed E-state index contributed by atoms with van der Waals surface area (Å²) >= 11 is 0.